The summed E-state index contributed by atoms with van der Waals surface area (Å²) in [6.45, 7) is 2.00. The van der Waals surface area contributed by atoms with E-state index in [1.54, 1.807) is 36.2 Å². The summed E-state index contributed by atoms with van der Waals surface area (Å²) in [5.41, 5.74) is 3.29. The van der Waals surface area contributed by atoms with Gasteiger partial charge in [-0.3, -0.25) is 9.52 Å². The monoisotopic (exact) mass is 332 g/mol. The summed E-state index contributed by atoms with van der Waals surface area (Å²) in [6, 6.07) is 14.5. The van der Waals surface area contributed by atoms with Gasteiger partial charge in [0, 0.05) is 18.4 Å². The van der Waals surface area contributed by atoms with Crippen LogP contribution < -0.4 is 9.62 Å². The number of amides is 1. The lowest BCUT2D eigenvalue weighted by Gasteiger charge is -2.18. The van der Waals surface area contributed by atoms with Gasteiger partial charge in [0.05, 0.1) is 12.7 Å². The highest BCUT2D eigenvalue weighted by atomic mass is 32.2. The maximum atomic E-state index is 12.3. The molecule has 2 aromatic carbocycles. The molecule has 0 spiro atoms. The van der Waals surface area contributed by atoms with Crippen molar-refractivity contribution in [1.29, 1.82) is 0 Å². The summed E-state index contributed by atoms with van der Waals surface area (Å²) in [4.78, 5) is 13.9. The lowest BCUT2D eigenvalue weighted by Crippen LogP contribution is -2.27. The maximum Gasteiger partial charge on any atom is 0.231 e. The summed E-state index contributed by atoms with van der Waals surface area (Å²) in [7, 11) is -1.60. The highest BCUT2D eigenvalue weighted by Gasteiger charge is 2.12. The molecule has 0 heterocycles. The van der Waals surface area contributed by atoms with Crippen LogP contribution in [0.5, 0.6) is 0 Å². The SMILES string of the molecule is Cc1ccc(CC(=O)N(C)c2ccc(NS(C)(=O)=O)cc2)cc1. The molecule has 0 saturated heterocycles. The standard InChI is InChI=1S/C17H20N2O3S/c1-13-4-6-14(7-5-13)12-17(20)19(2)16-10-8-15(9-11-16)18-23(3,21)22/h4-11,18H,12H2,1-3H3. The molecular formula is C17H20N2O3S. The minimum absolute atomic E-state index is 0.0299. The number of aryl methyl sites for hydroxylation is 1. The number of benzene rings is 2. The second kappa shape index (κ2) is 6.83. The highest BCUT2D eigenvalue weighted by Crippen LogP contribution is 2.18. The second-order valence-corrected chi connectivity index (χ2v) is 7.28. The summed E-state index contributed by atoms with van der Waals surface area (Å²) < 4.78 is 24.7. The predicted octanol–water partition coefficient (Wildman–Crippen LogP) is 2.57. The molecule has 0 aromatic heterocycles. The third-order valence-electron chi connectivity index (χ3n) is 3.41. The Kier molecular flexibility index (Phi) is 5.05. The number of hydrogen-bond acceptors (Lipinski definition) is 3. The first-order chi connectivity index (χ1) is 10.7. The summed E-state index contributed by atoms with van der Waals surface area (Å²) in [5, 5.41) is 0. The number of hydrogen-bond donors (Lipinski definition) is 1. The summed E-state index contributed by atoms with van der Waals surface area (Å²) in [5.74, 6) is -0.0299. The molecule has 1 amide bonds. The molecule has 122 valence electrons. The van der Waals surface area contributed by atoms with Crippen molar-refractivity contribution in [3.05, 3.63) is 59.7 Å². The Morgan fingerprint density at radius 2 is 1.61 bits per heavy atom. The van der Waals surface area contributed by atoms with Crippen LogP contribution in [0.2, 0.25) is 0 Å². The molecule has 0 saturated carbocycles. The molecule has 2 aromatic rings. The quantitative estimate of drug-likeness (QED) is 0.915. The highest BCUT2D eigenvalue weighted by molar-refractivity contribution is 7.92. The zero-order chi connectivity index (χ0) is 17.0. The van der Waals surface area contributed by atoms with Gasteiger partial charge in [0.1, 0.15) is 0 Å². The molecule has 0 aliphatic rings. The van der Waals surface area contributed by atoms with Crippen LogP contribution in [0.3, 0.4) is 0 Å². The van der Waals surface area contributed by atoms with Gasteiger partial charge in [-0.1, -0.05) is 29.8 Å². The van der Waals surface area contributed by atoms with Crippen LogP contribution in [-0.2, 0) is 21.2 Å². The first kappa shape index (κ1) is 17.0. The van der Waals surface area contributed by atoms with Gasteiger partial charge in [-0.2, -0.15) is 0 Å². The van der Waals surface area contributed by atoms with Gasteiger partial charge in [-0.25, -0.2) is 8.42 Å². The van der Waals surface area contributed by atoms with Crippen LogP contribution in [0.1, 0.15) is 11.1 Å². The number of nitrogens with zero attached hydrogens (tertiary/aromatic N) is 1. The van der Waals surface area contributed by atoms with E-state index in [1.165, 1.54) is 0 Å². The Hall–Kier alpha value is -2.34. The summed E-state index contributed by atoms with van der Waals surface area (Å²) >= 11 is 0. The number of rotatable bonds is 5. The number of carbonyl (C=O) groups excluding carboxylic acids is 1. The van der Waals surface area contributed by atoms with Gasteiger partial charge in [0.15, 0.2) is 0 Å². The first-order valence-corrected chi connectivity index (χ1v) is 9.04. The van der Waals surface area contributed by atoms with Crippen LogP contribution in [0.4, 0.5) is 11.4 Å². The third kappa shape index (κ3) is 5.10. The summed E-state index contributed by atoms with van der Waals surface area (Å²) in [6.07, 6.45) is 1.41. The topological polar surface area (TPSA) is 66.5 Å². The van der Waals surface area contributed by atoms with Crippen LogP contribution in [-0.4, -0.2) is 27.6 Å². The van der Waals surface area contributed by atoms with Crippen molar-refractivity contribution in [3.8, 4) is 0 Å². The van der Waals surface area contributed by atoms with Gasteiger partial charge in [-0.15, -0.1) is 0 Å². The molecule has 0 aliphatic carbocycles. The van der Waals surface area contributed by atoms with Crippen molar-refractivity contribution < 1.29 is 13.2 Å². The van der Waals surface area contributed by atoms with E-state index in [9.17, 15) is 13.2 Å². The van der Waals surface area contributed by atoms with Crippen LogP contribution >= 0.6 is 0 Å². The van der Waals surface area contributed by atoms with E-state index < -0.39 is 10.0 Å². The van der Waals surface area contributed by atoms with Crippen molar-refractivity contribution in [2.45, 2.75) is 13.3 Å². The third-order valence-corrected chi connectivity index (χ3v) is 4.01. The average Bonchev–Trinajstić information content (AvgIpc) is 2.48. The molecule has 23 heavy (non-hydrogen) atoms. The average molecular weight is 332 g/mol. The van der Waals surface area contributed by atoms with Gasteiger partial charge < -0.3 is 4.90 Å². The molecule has 0 bridgehead atoms. The Morgan fingerprint density at radius 1 is 1.04 bits per heavy atom. The van der Waals surface area contributed by atoms with Crippen molar-refractivity contribution >= 4 is 27.3 Å². The zero-order valence-corrected chi connectivity index (χ0v) is 14.2. The van der Waals surface area contributed by atoms with E-state index in [0.717, 1.165) is 17.4 Å². The van der Waals surface area contributed by atoms with Crippen LogP contribution in [0, 0.1) is 6.92 Å². The molecular weight excluding hydrogens is 312 g/mol. The Labute approximate surface area is 137 Å². The minimum atomic E-state index is -3.30. The lowest BCUT2D eigenvalue weighted by molar-refractivity contribution is -0.117. The van der Waals surface area contributed by atoms with Gasteiger partial charge in [-0.05, 0) is 36.8 Å². The molecule has 5 nitrogen and oxygen atoms in total. The molecule has 0 fully saturated rings. The molecule has 0 unspecified atom stereocenters. The number of anilines is 2. The molecule has 0 atom stereocenters. The first-order valence-electron chi connectivity index (χ1n) is 7.14. The number of likely N-dealkylation sites (N-methyl/N-ethyl adjacent to an activating group) is 1. The molecule has 0 aliphatic heterocycles. The predicted molar refractivity (Wildman–Crippen MR) is 93.2 cm³/mol. The Morgan fingerprint density at radius 3 is 2.13 bits per heavy atom. The fourth-order valence-corrected chi connectivity index (χ4v) is 2.67. The van der Waals surface area contributed by atoms with Crippen molar-refractivity contribution in [2.24, 2.45) is 0 Å². The van der Waals surface area contributed by atoms with E-state index in [0.29, 0.717) is 17.8 Å². The number of nitrogens with one attached hydrogen (secondary N) is 1. The van der Waals surface area contributed by atoms with Gasteiger partial charge in [0.25, 0.3) is 0 Å². The van der Waals surface area contributed by atoms with E-state index >= 15 is 0 Å². The van der Waals surface area contributed by atoms with Crippen LogP contribution in [0.25, 0.3) is 0 Å². The van der Waals surface area contributed by atoms with Crippen molar-refractivity contribution in [2.75, 3.05) is 22.9 Å². The smallest absolute Gasteiger partial charge is 0.231 e. The molecule has 1 N–H and O–H groups in total. The fraction of sp³-hybridized carbons (Fsp3) is 0.235. The lowest BCUT2D eigenvalue weighted by atomic mass is 10.1. The second-order valence-electron chi connectivity index (χ2n) is 5.54. The van der Waals surface area contributed by atoms with E-state index in [-0.39, 0.29) is 5.91 Å². The van der Waals surface area contributed by atoms with E-state index in [2.05, 4.69) is 4.72 Å². The van der Waals surface area contributed by atoms with E-state index in [1.807, 2.05) is 31.2 Å². The Bertz CT molecular complexity index is 782. The van der Waals surface area contributed by atoms with Gasteiger partial charge >= 0.3 is 0 Å². The maximum absolute atomic E-state index is 12.3. The van der Waals surface area contributed by atoms with E-state index in [4.69, 9.17) is 0 Å². The molecule has 2 rings (SSSR count). The molecule has 0 radical (unpaired) electrons. The minimum Gasteiger partial charge on any atom is -0.315 e. The van der Waals surface area contributed by atoms with Crippen molar-refractivity contribution in [3.63, 3.8) is 0 Å². The normalized spacial score (nSPS) is 11.1. The van der Waals surface area contributed by atoms with Gasteiger partial charge in [0.2, 0.25) is 15.9 Å². The van der Waals surface area contributed by atoms with Crippen LogP contribution in [0.15, 0.2) is 48.5 Å². The van der Waals surface area contributed by atoms with Crippen molar-refractivity contribution in [1.82, 2.24) is 0 Å². The number of carbonyl (C=O) groups is 1. The Balaban J connectivity index is 2.05. The zero-order valence-electron chi connectivity index (χ0n) is 13.4. The fourth-order valence-electron chi connectivity index (χ4n) is 2.11. The molecule has 6 heteroatoms. The largest absolute Gasteiger partial charge is 0.315 e. The number of sulfonamides is 1.